The van der Waals surface area contributed by atoms with Gasteiger partial charge in [0, 0.05) is 23.5 Å². The third-order valence-corrected chi connectivity index (χ3v) is 2.69. The van der Waals surface area contributed by atoms with Crippen molar-refractivity contribution in [2.24, 2.45) is 0 Å². The predicted molar refractivity (Wildman–Crippen MR) is 63.8 cm³/mol. The number of pyridine rings is 2. The number of halogens is 1. The molecule has 88 valence electrons. The molecule has 0 N–H and O–H groups in total. The van der Waals surface area contributed by atoms with Crippen LogP contribution in [0.3, 0.4) is 0 Å². The van der Waals surface area contributed by atoms with Gasteiger partial charge in [-0.2, -0.15) is 0 Å². The number of hydrogen-bond donors (Lipinski definition) is 0. The van der Waals surface area contributed by atoms with Crippen molar-refractivity contribution in [3.05, 3.63) is 54.5 Å². The summed E-state index contributed by atoms with van der Waals surface area (Å²) >= 11 is 0. The van der Waals surface area contributed by atoms with Gasteiger partial charge in [-0.15, -0.1) is 0 Å². The van der Waals surface area contributed by atoms with Crippen LogP contribution in [0, 0.1) is 5.82 Å². The Morgan fingerprint density at radius 3 is 2.83 bits per heavy atom. The Bertz CT molecular complexity index is 736. The molecule has 0 aliphatic heterocycles. The van der Waals surface area contributed by atoms with E-state index in [0.29, 0.717) is 16.9 Å². The lowest BCUT2D eigenvalue weighted by atomic mass is 10.1. The van der Waals surface area contributed by atoms with Gasteiger partial charge in [0.1, 0.15) is 17.2 Å². The second kappa shape index (κ2) is 4.03. The highest BCUT2D eigenvalue weighted by atomic mass is 19.1. The van der Waals surface area contributed by atoms with E-state index >= 15 is 0 Å². The topological polar surface area (TPSA) is 47.3 Å². The van der Waals surface area contributed by atoms with Gasteiger partial charge in [-0.05, 0) is 18.2 Å². The van der Waals surface area contributed by atoms with Crippen molar-refractivity contribution in [3.63, 3.8) is 0 Å². The molecule has 3 heterocycles. The Morgan fingerprint density at radius 2 is 2.06 bits per heavy atom. The number of imidazole rings is 1. The van der Waals surface area contributed by atoms with Crippen LogP contribution in [0.25, 0.3) is 16.8 Å². The number of fused-ring (bicyclic) bond motifs is 1. The zero-order chi connectivity index (χ0) is 12.5. The average Bonchev–Trinajstić information content (AvgIpc) is 2.80. The summed E-state index contributed by atoms with van der Waals surface area (Å²) in [5, 5.41) is 0. The molecule has 0 aromatic carbocycles. The van der Waals surface area contributed by atoms with Gasteiger partial charge in [0.05, 0.1) is 12.4 Å². The fourth-order valence-corrected chi connectivity index (χ4v) is 1.83. The maximum absolute atomic E-state index is 13.1. The van der Waals surface area contributed by atoms with E-state index in [4.69, 9.17) is 0 Å². The molecule has 5 heteroatoms. The molecule has 0 aliphatic carbocycles. The molecule has 3 rings (SSSR count). The molecule has 4 nitrogen and oxygen atoms in total. The lowest BCUT2D eigenvalue weighted by Crippen LogP contribution is -1.92. The molecule has 0 bridgehead atoms. The molecule has 0 atom stereocenters. The molecule has 0 unspecified atom stereocenters. The van der Waals surface area contributed by atoms with E-state index in [1.54, 1.807) is 22.9 Å². The van der Waals surface area contributed by atoms with Crippen molar-refractivity contribution in [2.45, 2.75) is 0 Å². The maximum atomic E-state index is 13.1. The summed E-state index contributed by atoms with van der Waals surface area (Å²) in [6, 6.07) is 4.98. The monoisotopic (exact) mass is 241 g/mol. The van der Waals surface area contributed by atoms with Crippen LogP contribution in [0.1, 0.15) is 10.5 Å². The van der Waals surface area contributed by atoms with Crippen molar-refractivity contribution in [1.82, 2.24) is 14.4 Å². The van der Waals surface area contributed by atoms with Gasteiger partial charge in [0.15, 0.2) is 6.29 Å². The highest BCUT2D eigenvalue weighted by Crippen LogP contribution is 2.20. The van der Waals surface area contributed by atoms with Crippen LogP contribution in [0.5, 0.6) is 0 Å². The largest absolute Gasteiger partial charge is 0.297 e. The fourth-order valence-electron chi connectivity index (χ4n) is 1.83. The van der Waals surface area contributed by atoms with Crippen LogP contribution in [0.2, 0.25) is 0 Å². The first kappa shape index (κ1) is 10.6. The van der Waals surface area contributed by atoms with Crippen LogP contribution < -0.4 is 0 Å². The normalized spacial score (nSPS) is 10.7. The molecule has 18 heavy (non-hydrogen) atoms. The molecule has 0 saturated carbocycles. The minimum atomic E-state index is -0.395. The summed E-state index contributed by atoms with van der Waals surface area (Å²) in [6.07, 6.45) is 6.68. The Labute approximate surface area is 102 Å². The van der Waals surface area contributed by atoms with Crippen LogP contribution >= 0.6 is 0 Å². The quantitative estimate of drug-likeness (QED) is 0.647. The van der Waals surface area contributed by atoms with Gasteiger partial charge in [0.25, 0.3) is 0 Å². The van der Waals surface area contributed by atoms with Gasteiger partial charge in [-0.1, -0.05) is 0 Å². The Kier molecular flexibility index (Phi) is 2.37. The van der Waals surface area contributed by atoms with Crippen LogP contribution in [-0.4, -0.2) is 20.7 Å². The molecule has 0 saturated heterocycles. The first-order valence-corrected chi connectivity index (χ1v) is 5.31. The Balaban J connectivity index is 2.21. The van der Waals surface area contributed by atoms with Crippen LogP contribution in [-0.2, 0) is 0 Å². The van der Waals surface area contributed by atoms with E-state index in [1.165, 1.54) is 12.3 Å². The third kappa shape index (κ3) is 1.66. The van der Waals surface area contributed by atoms with Gasteiger partial charge in [0.2, 0.25) is 0 Å². The molecule has 0 fully saturated rings. The zero-order valence-electron chi connectivity index (χ0n) is 9.25. The van der Waals surface area contributed by atoms with Crippen LogP contribution in [0.4, 0.5) is 4.39 Å². The van der Waals surface area contributed by atoms with Crippen molar-refractivity contribution >= 4 is 11.9 Å². The summed E-state index contributed by atoms with van der Waals surface area (Å²) in [5.74, 6) is -0.395. The van der Waals surface area contributed by atoms with E-state index < -0.39 is 5.82 Å². The number of carbonyl (C=O) groups excluding carboxylic acids is 1. The van der Waals surface area contributed by atoms with Gasteiger partial charge < -0.3 is 0 Å². The summed E-state index contributed by atoms with van der Waals surface area (Å²) in [5.41, 5.74) is 2.56. The Hall–Kier alpha value is -2.56. The summed E-state index contributed by atoms with van der Waals surface area (Å²) in [4.78, 5) is 18.7. The van der Waals surface area contributed by atoms with Crippen molar-refractivity contribution in [1.29, 1.82) is 0 Å². The number of hydrogen-bond acceptors (Lipinski definition) is 3. The fraction of sp³-hybridized carbons (Fsp3) is 0. The van der Waals surface area contributed by atoms with Crippen molar-refractivity contribution in [3.8, 4) is 11.1 Å². The number of aldehydes is 1. The molecule has 0 aliphatic rings. The smallest absolute Gasteiger partial charge is 0.168 e. The average molecular weight is 241 g/mol. The zero-order valence-corrected chi connectivity index (χ0v) is 9.25. The minimum Gasteiger partial charge on any atom is -0.297 e. The maximum Gasteiger partial charge on any atom is 0.168 e. The second-order valence-electron chi connectivity index (χ2n) is 3.84. The summed E-state index contributed by atoms with van der Waals surface area (Å²) < 4.78 is 14.8. The number of rotatable bonds is 2. The second-order valence-corrected chi connectivity index (χ2v) is 3.84. The number of aromatic nitrogens is 3. The van der Waals surface area contributed by atoms with E-state index in [1.807, 2.05) is 6.07 Å². The van der Waals surface area contributed by atoms with Crippen molar-refractivity contribution in [2.75, 3.05) is 0 Å². The molecule has 3 aromatic rings. The number of nitrogens with zero attached hydrogens (tertiary/aromatic N) is 3. The first-order chi connectivity index (χ1) is 8.78. The molecule has 0 radical (unpaired) electrons. The predicted octanol–water partition coefficient (Wildman–Crippen LogP) is 2.35. The minimum absolute atomic E-state index is 0.395. The third-order valence-electron chi connectivity index (χ3n) is 2.69. The lowest BCUT2D eigenvalue weighted by Gasteiger charge is -2.03. The molecular weight excluding hydrogens is 233 g/mol. The van der Waals surface area contributed by atoms with E-state index in [9.17, 15) is 9.18 Å². The van der Waals surface area contributed by atoms with E-state index in [0.717, 1.165) is 18.0 Å². The van der Waals surface area contributed by atoms with Crippen molar-refractivity contribution < 1.29 is 9.18 Å². The molecule has 0 amide bonds. The van der Waals surface area contributed by atoms with Gasteiger partial charge in [-0.3, -0.25) is 14.2 Å². The first-order valence-electron chi connectivity index (χ1n) is 5.31. The molecule has 0 spiro atoms. The molecule has 3 aromatic heterocycles. The highest BCUT2D eigenvalue weighted by Gasteiger charge is 2.05. The lowest BCUT2D eigenvalue weighted by molar-refractivity contribution is 0.111. The van der Waals surface area contributed by atoms with E-state index in [-0.39, 0.29) is 0 Å². The summed E-state index contributed by atoms with van der Waals surface area (Å²) in [7, 11) is 0. The number of carbonyl (C=O) groups is 1. The van der Waals surface area contributed by atoms with E-state index in [2.05, 4.69) is 9.97 Å². The Morgan fingerprint density at radius 1 is 1.17 bits per heavy atom. The SMILES string of the molecule is O=Cc1cnc2ccc(-c3cncc(F)c3)cn12. The summed E-state index contributed by atoms with van der Waals surface area (Å²) in [6.45, 7) is 0. The van der Waals surface area contributed by atoms with Gasteiger partial charge in [-0.25, -0.2) is 9.37 Å². The standard InChI is InChI=1S/C13H8FN3O/c14-11-3-10(4-15-5-11)9-1-2-13-16-6-12(8-18)17(13)7-9/h1-8H. The van der Waals surface area contributed by atoms with Crippen LogP contribution in [0.15, 0.2) is 43.0 Å². The molecular formula is C13H8FN3O. The highest BCUT2D eigenvalue weighted by molar-refractivity contribution is 5.75. The van der Waals surface area contributed by atoms with Gasteiger partial charge >= 0.3 is 0 Å².